The predicted octanol–water partition coefficient (Wildman–Crippen LogP) is 3.96. The average molecular weight is 435 g/mol. The van der Waals surface area contributed by atoms with Gasteiger partial charge in [0.25, 0.3) is 5.91 Å². The predicted molar refractivity (Wildman–Crippen MR) is 128 cm³/mol. The maximum Gasteiger partial charge on any atom is 0.273 e. The van der Waals surface area contributed by atoms with Gasteiger partial charge in [0.15, 0.2) is 0 Å². The molecule has 7 heteroatoms. The van der Waals surface area contributed by atoms with E-state index in [0.717, 1.165) is 12.1 Å². The SMILES string of the molecule is Cc1[nH]c(/C=C2/C(=O)NN=C2c2cccnn2)c(C(C)C)c1CCCCN1CCCCC1. The first-order valence-electron chi connectivity index (χ1n) is 11.9. The van der Waals surface area contributed by atoms with Crippen molar-refractivity contribution in [3.8, 4) is 0 Å². The van der Waals surface area contributed by atoms with Crippen LogP contribution in [0.5, 0.6) is 0 Å². The molecule has 1 fully saturated rings. The monoisotopic (exact) mass is 434 g/mol. The molecule has 1 saturated heterocycles. The van der Waals surface area contributed by atoms with Gasteiger partial charge >= 0.3 is 0 Å². The molecular formula is C25H34N6O. The number of hydrazone groups is 1. The van der Waals surface area contributed by atoms with Crippen molar-refractivity contribution < 1.29 is 4.79 Å². The molecule has 2 aromatic rings. The quantitative estimate of drug-likeness (QED) is 0.486. The molecule has 0 radical (unpaired) electrons. The Hall–Kier alpha value is -2.80. The fourth-order valence-corrected chi connectivity index (χ4v) is 4.86. The third kappa shape index (κ3) is 4.99. The van der Waals surface area contributed by atoms with Crippen LogP contribution in [0.3, 0.4) is 0 Å². The van der Waals surface area contributed by atoms with Gasteiger partial charge in [0.2, 0.25) is 0 Å². The highest BCUT2D eigenvalue weighted by atomic mass is 16.2. The summed E-state index contributed by atoms with van der Waals surface area (Å²) >= 11 is 0. The Morgan fingerprint density at radius 1 is 1.19 bits per heavy atom. The Labute approximate surface area is 190 Å². The van der Waals surface area contributed by atoms with Crippen molar-refractivity contribution in [2.75, 3.05) is 19.6 Å². The fourth-order valence-electron chi connectivity index (χ4n) is 4.86. The fraction of sp³-hybridized carbons (Fsp3) is 0.520. The third-order valence-corrected chi connectivity index (χ3v) is 6.44. The van der Waals surface area contributed by atoms with Gasteiger partial charge in [-0.3, -0.25) is 4.79 Å². The van der Waals surface area contributed by atoms with E-state index in [1.165, 1.54) is 68.6 Å². The minimum absolute atomic E-state index is 0.212. The smallest absolute Gasteiger partial charge is 0.273 e. The van der Waals surface area contributed by atoms with E-state index in [9.17, 15) is 4.79 Å². The summed E-state index contributed by atoms with van der Waals surface area (Å²) in [6, 6.07) is 3.61. The van der Waals surface area contributed by atoms with Gasteiger partial charge in [-0.2, -0.15) is 10.2 Å². The first kappa shape index (κ1) is 22.4. The summed E-state index contributed by atoms with van der Waals surface area (Å²) in [5.41, 5.74) is 9.09. The first-order valence-corrected chi connectivity index (χ1v) is 11.9. The number of rotatable bonds is 8. The van der Waals surface area contributed by atoms with Crippen LogP contribution >= 0.6 is 0 Å². The second kappa shape index (κ2) is 10.2. The summed E-state index contributed by atoms with van der Waals surface area (Å²) in [4.78, 5) is 18.7. The van der Waals surface area contributed by atoms with Crippen molar-refractivity contribution >= 4 is 17.7 Å². The molecule has 0 aromatic carbocycles. The average Bonchev–Trinajstić information content (AvgIpc) is 3.32. The zero-order valence-electron chi connectivity index (χ0n) is 19.4. The number of amides is 1. The highest BCUT2D eigenvalue weighted by Gasteiger charge is 2.27. The van der Waals surface area contributed by atoms with Crippen LogP contribution in [0.4, 0.5) is 0 Å². The van der Waals surface area contributed by atoms with Gasteiger partial charge in [0, 0.05) is 17.6 Å². The summed E-state index contributed by atoms with van der Waals surface area (Å²) in [6.07, 6.45) is 11.1. The van der Waals surface area contributed by atoms with Crippen molar-refractivity contribution in [2.45, 2.75) is 65.2 Å². The van der Waals surface area contributed by atoms with Crippen LogP contribution in [0.2, 0.25) is 0 Å². The molecule has 170 valence electrons. The van der Waals surface area contributed by atoms with E-state index in [1.807, 2.05) is 12.1 Å². The number of H-pyrrole nitrogens is 1. The largest absolute Gasteiger partial charge is 0.359 e. The molecule has 32 heavy (non-hydrogen) atoms. The zero-order valence-corrected chi connectivity index (χ0v) is 19.4. The lowest BCUT2D eigenvalue weighted by Crippen LogP contribution is -2.30. The lowest BCUT2D eigenvalue weighted by Gasteiger charge is -2.26. The second-order valence-electron chi connectivity index (χ2n) is 9.14. The molecule has 0 spiro atoms. The van der Waals surface area contributed by atoms with Crippen LogP contribution in [-0.4, -0.2) is 51.3 Å². The number of likely N-dealkylation sites (tertiary alicyclic amines) is 1. The molecular weight excluding hydrogens is 400 g/mol. The number of carbonyl (C=O) groups is 1. The summed E-state index contributed by atoms with van der Waals surface area (Å²) in [7, 11) is 0. The van der Waals surface area contributed by atoms with Gasteiger partial charge in [-0.05, 0) is 93.9 Å². The molecule has 2 aromatic heterocycles. The van der Waals surface area contributed by atoms with Gasteiger partial charge in [0.1, 0.15) is 11.4 Å². The van der Waals surface area contributed by atoms with E-state index < -0.39 is 0 Å². The number of nitrogens with zero attached hydrogens (tertiary/aromatic N) is 4. The number of aromatic nitrogens is 3. The van der Waals surface area contributed by atoms with Crippen LogP contribution in [0.25, 0.3) is 6.08 Å². The number of aromatic amines is 1. The molecule has 0 aliphatic carbocycles. The number of carbonyl (C=O) groups excluding carboxylic acids is 1. The first-order chi connectivity index (χ1) is 15.5. The number of unbranched alkanes of at least 4 members (excludes halogenated alkanes) is 1. The van der Waals surface area contributed by atoms with Gasteiger partial charge in [-0.15, -0.1) is 5.10 Å². The summed E-state index contributed by atoms with van der Waals surface area (Å²) in [6.45, 7) is 10.3. The molecule has 0 saturated carbocycles. The maximum atomic E-state index is 12.5. The molecule has 1 amide bonds. The second-order valence-corrected chi connectivity index (χ2v) is 9.14. The summed E-state index contributed by atoms with van der Waals surface area (Å²) < 4.78 is 0. The van der Waals surface area contributed by atoms with Crippen LogP contribution < -0.4 is 5.43 Å². The molecule has 2 N–H and O–H groups in total. The maximum absolute atomic E-state index is 12.5. The minimum Gasteiger partial charge on any atom is -0.359 e. The van der Waals surface area contributed by atoms with Gasteiger partial charge in [0.05, 0.1) is 5.57 Å². The van der Waals surface area contributed by atoms with Crippen LogP contribution in [0.1, 0.15) is 80.1 Å². The van der Waals surface area contributed by atoms with Gasteiger partial charge < -0.3 is 9.88 Å². The molecule has 0 bridgehead atoms. The highest BCUT2D eigenvalue weighted by molar-refractivity contribution is 6.32. The molecule has 7 nitrogen and oxygen atoms in total. The van der Waals surface area contributed by atoms with Crippen molar-refractivity contribution in [1.29, 1.82) is 0 Å². The number of hydrogen-bond donors (Lipinski definition) is 2. The van der Waals surface area contributed by atoms with Crippen LogP contribution in [0, 0.1) is 6.92 Å². The number of hydrogen-bond acceptors (Lipinski definition) is 5. The van der Waals surface area contributed by atoms with Gasteiger partial charge in [-0.1, -0.05) is 20.3 Å². The Bertz CT molecular complexity index is 999. The molecule has 2 aliphatic rings. The molecule has 4 rings (SSSR count). The van der Waals surface area contributed by atoms with E-state index >= 15 is 0 Å². The molecule has 0 unspecified atom stereocenters. The van der Waals surface area contributed by atoms with Crippen LogP contribution in [-0.2, 0) is 11.2 Å². The van der Waals surface area contributed by atoms with Crippen molar-refractivity contribution in [3.05, 3.63) is 52.1 Å². The third-order valence-electron chi connectivity index (χ3n) is 6.44. The zero-order chi connectivity index (χ0) is 22.5. The van der Waals surface area contributed by atoms with E-state index in [-0.39, 0.29) is 5.91 Å². The topological polar surface area (TPSA) is 86.3 Å². The Kier molecular flexibility index (Phi) is 7.15. The Morgan fingerprint density at radius 3 is 2.72 bits per heavy atom. The van der Waals surface area contributed by atoms with Crippen molar-refractivity contribution in [1.82, 2.24) is 25.5 Å². The Balaban J connectivity index is 1.53. The summed E-state index contributed by atoms with van der Waals surface area (Å²) in [5, 5.41) is 12.3. The number of aryl methyl sites for hydroxylation is 1. The van der Waals surface area contributed by atoms with E-state index in [4.69, 9.17) is 0 Å². The van der Waals surface area contributed by atoms with Crippen molar-refractivity contribution in [2.24, 2.45) is 5.10 Å². The Morgan fingerprint density at radius 2 is 2.00 bits per heavy atom. The van der Waals surface area contributed by atoms with E-state index in [0.29, 0.717) is 22.9 Å². The molecule has 4 heterocycles. The minimum atomic E-state index is -0.212. The number of piperidine rings is 1. The molecule has 0 atom stereocenters. The normalized spacial score (nSPS) is 18.4. The highest BCUT2D eigenvalue weighted by Crippen LogP contribution is 2.30. The van der Waals surface area contributed by atoms with E-state index in [2.05, 4.69) is 51.4 Å². The van der Waals surface area contributed by atoms with Gasteiger partial charge in [-0.25, -0.2) is 5.43 Å². The summed E-state index contributed by atoms with van der Waals surface area (Å²) in [5.74, 6) is 0.140. The lowest BCUT2D eigenvalue weighted by molar-refractivity contribution is -0.116. The van der Waals surface area contributed by atoms with E-state index in [1.54, 1.807) is 12.3 Å². The molecule has 2 aliphatic heterocycles. The standard InChI is InChI=1S/C25H34N6O/c1-17(2)23-19(10-5-8-15-31-13-6-4-7-14-31)18(3)27-22(23)16-20-24(29-30-25(20)32)21-11-9-12-26-28-21/h9,11-12,16-17,27H,4-8,10,13-15H2,1-3H3,(H,30,32)/b20-16+. The van der Waals surface area contributed by atoms with Crippen molar-refractivity contribution in [3.63, 3.8) is 0 Å². The van der Waals surface area contributed by atoms with Crippen LogP contribution in [0.15, 0.2) is 29.0 Å². The number of nitrogens with one attached hydrogen (secondary N) is 2. The lowest BCUT2D eigenvalue weighted by atomic mass is 9.93.